The van der Waals surface area contributed by atoms with Gasteiger partial charge in [-0.05, 0) is 37.9 Å². The topological polar surface area (TPSA) is 66.4 Å². The molecule has 1 heterocycles. The van der Waals surface area contributed by atoms with Crippen LogP contribution in [0.5, 0.6) is 0 Å². The van der Waals surface area contributed by atoms with Crippen molar-refractivity contribution in [3.05, 3.63) is 13.6 Å². The van der Waals surface area contributed by atoms with Crippen LogP contribution in [0.1, 0.15) is 0 Å². The van der Waals surface area contributed by atoms with Gasteiger partial charge in [-0.25, -0.2) is 13.1 Å². The number of sulfonamides is 1. The number of rotatable bonds is 4. The Morgan fingerprint density at radius 2 is 2.14 bits per heavy atom. The Balaban J connectivity index is 2.98. The summed E-state index contributed by atoms with van der Waals surface area (Å²) in [5, 5.41) is 8.51. The second-order valence-electron chi connectivity index (χ2n) is 2.31. The Morgan fingerprint density at radius 1 is 1.50 bits per heavy atom. The normalized spacial score (nSPS) is 11.9. The first-order chi connectivity index (χ1) is 6.47. The number of aliphatic hydroxyl groups is 1. The lowest BCUT2D eigenvalue weighted by molar-refractivity contribution is 0.301. The average Bonchev–Trinajstić information content (AvgIpc) is 2.42. The Morgan fingerprint density at radius 3 is 2.57 bits per heavy atom. The van der Waals surface area contributed by atoms with E-state index >= 15 is 0 Å². The molecule has 0 bridgehead atoms. The molecule has 0 fully saturated rings. The lowest BCUT2D eigenvalue weighted by Gasteiger charge is -2.02. The summed E-state index contributed by atoms with van der Waals surface area (Å²) in [7, 11) is -3.51. The number of nitrogens with one attached hydrogen (secondary N) is 1. The molecule has 14 heavy (non-hydrogen) atoms. The quantitative estimate of drug-likeness (QED) is 0.851. The monoisotopic (exact) mass is 363 g/mol. The minimum absolute atomic E-state index is 0.0161. The molecule has 0 spiro atoms. The molecule has 8 heteroatoms. The van der Waals surface area contributed by atoms with E-state index in [1.54, 1.807) is 0 Å². The van der Waals surface area contributed by atoms with E-state index in [2.05, 4.69) is 36.6 Å². The molecule has 0 radical (unpaired) electrons. The fraction of sp³-hybridized carbons (Fsp3) is 0.333. The Kier molecular flexibility index (Phi) is 4.54. The van der Waals surface area contributed by atoms with Gasteiger partial charge < -0.3 is 5.11 Å². The smallest absolute Gasteiger partial charge is 0.242 e. The number of halogens is 2. The second kappa shape index (κ2) is 5.04. The van der Waals surface area contributed by atoms with Crippen LogP contribution in [-0.2, 0) is 10.0 Å². The fourth-order valence-electron chi connectivity index (χ4n) is 0.766. The highest BCUT2D eigenvalue weighted by Crippen LogP contribution is 2.34. The van der Waals surface area contributed by atoms with Crippen molar-refractivity contribution >= 4 is 53.2 Å². The summed E-state index contributed by atoms with van der Waals surface area (Å²) in [4.78, 5) is 0.183. The maximum atomic E-state index is 11.6. The standard InChI is InChI=1S/C6H7Br2NO3S2/c7-5-3-4(6(8)13-5)14(11,12)9-1-2-10/h3,9-10H,1-2H2. The van der Waals surface area contributed by atoms with Crippen LogP contribution in [0, 0.1) is 0 Å². The molecule has 1 aromatic rings. The molecule has 80 valence electrons. The third-order valence-corrected chi connectivity index (χ3v) is 5.53. The van der Waals surface area contributed by atoms with Gasteiger partial charge in [0, 0.05) is 6.54 Å². The van der Waals surface area contributed by atoms with Gasteiger partial charge in [-0.2, -0.15) is 0 Å². The van der Waals surface area contributed by atoms with E-state index in [1.165, 1.54) is 17.4 Å². The number of hydrogen-bond acceptors (Lipinski definition) is 4. The van der Waals surface area contributed by atoms with Gasteiger partial charge in [0.2, 0.25) is 10.0 Å². The predicted molar refractivity (Wildman–Crippen MR) is 62.0 cm³/mol. The lowest BCUT2D eigenvalue weighted by Crippen LogP contribution is -2.26. The van der Waals surface area contributed by atoms with Gasteiger partial charge in [0.1, 0.15) is 4.90 Å². The van der Waals surface area contributed by atoms with Crippen molar-refractivity contribution in [3.8, 4) is 0 Å². The van der Waals surface area contributed by atoms with E-state index < -0.39 is 10.0 Å². The second-order valence-corrected chi connectivity index (χ2v) is 7.79. The SMILES string of the molecule is O=S(=O)(NCCO)c1cc(Br)sc1Br. The van der Waals surface area contributed by atoms with Crippen LogP contribution in [0.4, 0.5) is 0 Å². The summed E-state index contributed by atoms with van der Waals surface area (Å²) in [6.45, 7) is -0.204. The molecule has 1 aromatic heterocycles. The van der Waals surface area contributed by atoms with Crippen molar-refractivity contribution < 1.29 is 13.5 Å². The van der Waals surface area contributed by atoms with E-state index in [0.29, 0.717) is 3.79 Å². The van der Waals surface area contributed by atoms with Crippen molar-refractivity contribution in [1.29, 1.82) is 0 Å². The minimum Gasteiger partial charge on any atom is -0.395 e. The largest absolute Gasteiger partial charge is 0.395 e. The zero-order chi connectivity index (χ0) is 10.8. The number of aliphatic hydroxyl groups excluding tert-OH is 1. The number of thiophene rings is 1. The predicted octanol–water partition coefficient (Wildman–Crippen LogP) is 1.54. The third kappa shape index (κ3) is 3.01. The van der Waals surface area contributed by atoms with Crippen molar-refractivity contribution in [1.82, 2.24) is 4.72 Å². The molecule has 0 unspecified atom stereocenters. The molecule has 0 aromatic carbocycles. The molecule has 0 saturated carbocycles. The first-order valence-corrected chi connectivity index (χ1v) is 7.41. The number of hydrogen-bond donors (Lipinski definition) is 2. The maximum Gasteiger partial charge on any atom is 0.242 e. The average molecular weight is 365 g/mol. The highest BCUT2D eigenvalue weighted by molar-refractivity contribution is 9.12. The Hall–Kier alpha value is 0.530. The molecular formula is C6H7Br2NO3S2. The van der Waals surface area contributed by atoms with Crippen LogP contribution in [0.2, 0.25) is 0 Å². The molecule has 1 rings (SSSR count). The highest BCUT2D eigenvalue weighted by atomic mass is 79.9. The van der Waals surface area contributed by atoms with Crippen LogP contribution >= 0.6 is 43.2 Å². The summed E-state index contributed by atoms with van der Waals surface area (Å²) in [6.07, 6.45) is 0. The van der Waals surface area contributed by atoms with E-state index in [0.717, 1.165) is 3.79 Å². The molecule has 0 atom stereocenters. The summed E-state index contributed by atoms with van der Waals surface area (Å²) in [6, 6.07) is 1.51. The van der Waals surface area contributed by atoms with Gasteiger partial charge in [-0.3, -0.25) is 0 Å². The van der Waals surface area contributed by atoms with E-state index in [1.807, 2.05) is 0 Å². The van der Waals surface area contributed by atoms with Gasteiger partial charge in [0.15, 0.2) is 0 Å². The van der Waals surface area contributed by atoms with Crippen molar-refractivity contribution in [3.63, 3.8) is 0 Å². The van der Waals surface area contributed by atoms with Crippen LogP contribution in [0.3, 0.4) is 0 Å². The molecule has 2 N–H and O–H groups in total. The summed E-state index contributed by atoms with van der Waals surface area (Å²) < 4.78 is 26.6. The van der Waals surface area contributed by atoms with Crippen molar-refractivity contribution in [2.24, 2.45) is 0 Å². The van der Waals surface area contributed by atoms with Gasteiger partial charge in [0.25, 0.3) is 0 Å². The van der Waals surface area contributed by atoms with E-state index in [4.69, 9.17) is 5.11 Å². The molecule has 0 aliphatic rings. The third-order valence-electron chi connectivity index (χ3n) is 1.32. The molecule has 0 saturated heterocycles. The van der Waals surface area contributed by atoms with Gasteiger partial charge >= 0.3 is 0 Å². The fourth-order valence-corrected chi connectivity index (χ4v) is 5.60. The minimum atomic E-state index is -3.51. The molecule has 0 amide bonds. The maximum absolute atomic E-state index is 11.6. The Bertz CT molecular complexity index is 415. The molecule has 4 nitrogen and oxygen atoms in total. The van der Waals surface area contributed by atoms with Crippen LogP contribution in [0.25, 0.3) is 0 Å². The van der Waals surface area contributed by atoms with Gasteiger partial charge in [0.05, 0.1) is 14.2 Å². The van der Waals surface area contributed by atoms with Crippen LogP contribution < -0.4 is 4.72 Å². The van der Waals surface area contributed by atoms with E-state index in [9.17, 15) is 8.42 Å². The molecular weight excluding hydrogens is 358 g/mol. The molecule has 0 aliphatic heterocycles. The first kappa shape index (κ1) is 12.6. The zero-order valence-electron chi connectivity index (χ0n) is 6.83. The summed E-state index contributed by atoms with van der Waals surface area (Å²) in [5.41, 5.74) is 0. The molecule has 0 aliphatic carbocycles. The highest BCUT2D eigenvalue weighted by Gasteiger charge is 2.19. The zero-order valence-corrected chi connectivity index (χ0v) is 11.6. The lowest BCUT2D eigenvalue weighted by atomic mass is 10.7. The van der Waals surface area contributed by atoms with E-state index in [-0.39, 0.29) is 18.0 Å². The Labute approximate surface area is 103 Å². The van der Waals surface area contributed by atoms with Gasteiger partial charge in [-0.15, -0.1) is 11.3 Å². The first-order valence-electron chi connectivity index (χ1n) is 3.52. The summed E-state index contributed by atoms with van der Waals surface area (Å²) in [5.74, 6) is 0. The van der Waals surface area contributed by atoms with Crippen LogP contribution in [-0.4, -0.2) is 26.7 Å². The van der Waals surface area contributed by atoms with Crippen molar-refractivity contribution in [2.75, 3.05) is 13.2 Å². The van der Waals surface area contributed by atoms with Crippen molar-refractivity contribution in [2.45, 2.75) is 4.90 Å². The van der Waals surface area contributed by atoms with Crippen LogP contribution in [0.15, 0.2) is 18.5 Å². The van der Waals surface area contributed by atoms with Gasteiger partial charge in [-0.1, -0.05) is 0 Å². The summed E-state index contributed by atoms with van der Waals surface area (Å²) >= 11 is 7.62.